The second kappa shape index (κ2) is 11.1. The number of rotatable bonds is 8. The summed E-state index contributed by atoms with van der Waals surface area (Å²) in [4.78, 5) is 2.85. The number of nitrogens with one attached hydrogen (secondary N) is 1. The molecule has 4 aliphatic carbocycles. The molecule has 0 aliphatic heterocycles. The summed E-state index contributed by atoms with van der Waals surface area (Å²) in [6, 6.07) is 6.99. The maximum Gasteiger partial charge on any atom is 0.276 e. The molecular formula is C34H54N2O2S. The minimum absolute atomic E-state index is 0.285. The van der Waals surface area contributed by atoms with Crippen molar-refractivity contribution in [3.05, 3.63) is 29.8 Å². The Morgan fingerprint density at radius 2 is 1.64 bits per heavy atom. The van der Waals surface area contributed by atoms with Gasteiger partial charge >= 0.3 is 0 Å². The van der Waals surface area contributed by atoms with Crippen molar-refractivity contribution >= 4 is 15.7 Å². The Kier molecular flexibility index (Phi) is 8.32. The zero-order valence-corrected chi connectivity index (χ0v) is 26.3. The van der Waals surface area contributed by atoms with Crippen molar-refractivity contribution < 1.29 is 8.42 Å². The van der Waals surface area contributed by atoms with E-state index < -0.39 is 10.0 Å². The van der Waals surface area contributed by atoms with Crippen LogP contribution in [0.15, 0.2) is 34.3 Å². The van der Waals surface area contributed by atoms with Gasteiger partial charge in [-0.3, -0.25) is 0 Å². The number of hydrogen-bond donors (Lipinski definition) is 1. The van der Waals surface area contributed by atoms with Crippen LogP contribution in [0.2, 0.25) is 0 Å². The van der Waals surface area contributed by atoms with E-state index in [1.165, 1.54) is 57.8 Å². The highest BCUT2D eigenvalue weighted by atomic mass is 32.2. The lowest BCUT2D eigenvalue weighted by Gasteiger charge is -2.61. The predicted octanol–water partition coefficient (Wildman–Crippen LogP) is 8.75. The van der Waals surface area contributed by atoms with Gasteiger partial charge in [0.15, 0.2) is 0 Å². The average molecular weight is 555 g/mol. The second-order valence-electron chi connectivity index (χ2n) is 15.0. The molecule has 4 saturated carbocycles. The van der Waals surface area contributed by atoms with Gasteiger partial charge in [0.25, 0.3) is 10.0 Å². The predicted molar refractivity (Wildman–Crippen MR) is 162 cm³/mol. The molecule has 1 N–H and O–H groups in total. The van der Waals surface area contributed by atoms with Crippen LogP contribution in [0.25, 0.3) is 0 Å². The molecule has 0 spiro atoms. The Balaban J connectivity index is 1.23. The number of benzene rings is 1. The Morgan fingerprint density at radius 3 is 2.36 bits per heavy atom. The summed E-state index contributed by atoms with van der Waals surface area (Å²) < 4.78 is 25.6. The first-order valence-electron chi connectivity index (χ1n) is 16.1. The van der Waals surface area contributed by atoms with Crippen molar-refractivity contribution in [2.24, 2.45) is 57.4 Å². The van der Waals surface area contributed by atoms with Gasteiger partial charge in [0.2, 0.25) is 0 Å². The summed E-state index contributed by atoms with van der Waals surface area (Å²) in [6.45, 7) is 14.5. The van der Waals surface area contributed by atoms with Gasteiger partial charge in [-0.15, -0.1) is 0 Å². The monoisotopic (exact) mass is 554 g/mol. The molecule has 0 radical (unpaired) electrons. The van der Waals surface area contributed by atoms with E-state index >= 15 is 0 Å². The quantitative estimate of drug-likeness (QED) is 0.327. The molecule has 218 valence electrons. The molecule has 0 heterocycles. The fourth-order valence-electron chi connectivity index (χ4n) is 10.1. The number of hydrazone groups is 1. The SMILES string of the molecule is Cc1ccc(S(=O)(=O)N/N=C2\CC[C@@]3(C)[C@@H](CC[C@@H]4[C@@H]3CC[C@]3(C)[C@@H]([C@H](C)CCCC(C)C)CC[C@@H]43)C2)cc1. The zero-order valence-electron chi connectivity index (χ0n) is 25.5. The molecule has 0 saturated heterocycles. The molecule has 1 aromatic rings. The van der Waals surface area contributed by atoms with Gasteiger partial charge in [0.05, 0.1) is 4.90 Å². The molecule has 0 amide bonds. The lowest BCUT2D eigenvalue weighted by molar-refractivity contribution is -0.105. The van der Waals surface area contributed by atoms with Crippen LogP contribution in [0.4, 0.5) is 0 Å². The minimum atomic E-state index is -3.62. The fraction of sp³-hybridized carbons (Fsp3) is 0.794. The van der Waals surface area contributed by atoms with Crippen LogP contribution < -0.4 is 4.83 Å². The normalized spacial score (nSPS) is 38.2. The van der Waals surface area contributed by atoms with Crippen molar-refractivity contribution in [2.75, 3.05) is 0 Å². The minimum Gasteiger partial charge on any atom is -0.200 e. The third kappa shape index (κ3) is 5.60. The average Bonchev–Trinajstić information content (AvgIpc) is 3.25. The van der Waals surface area contributed by atoms with Crippen LogP contribution >= 0.6 is 0 Å². The van der Waals surface area contributed by atoms with Crippen LogP contribution in [-0.2, 0) is 10.0 Å². The fourth-order valence-corrected chi connectivity index (χ4v) is 10.9. The zero-order chi connectivity index (χ0) is 28.0. The molecule has 5 heteroatoms. The number of aryl methyl sites for hydroxylation is 1. The van der Waals surface area contributed by atoms with Gasteiger partial charge < -0.3 is 0 Å². The van der Waals surface area contributed by atoms with E-state index in [9.17, 15) is 8.42 Å². The Labute approximate surface area is 239 Å². The lowest BCUT2D eigenvalue weighted by Crippen LogP contribution is -2.53. The van der Waals surface area contributed by atoms with E-state index in [-0.39, 0.29) is 4.90 Å². The highest BCUT2D eigenvalue weighted by Crippen LogP contribution is 2.68. The van der Waals surface area contributed by atoms with E-state index in [0.717, 1.165) is 66.0 Å². The van der Waals surface area contributed by atoms with E-state index in [4.69, 9.17) is 0 Å². The van der Waals surface area contributed by atoms with Crippen LogP contribution in [0.1, 0.15) is 117 Å². The Hall–Kier alpha value is -1.36. The smallest absolute Gasteiger partial charge is 0.200 e. The van der Waals surface area contributed by atoms with Gasteiger partial charge in [-0.2, -0.15) is 13.5 Å². The second-order valence-corrected chi connectivity index (χ2v) is 16.6. The molecule has 39 heavy (non-hydrogen) atoms. The van der Waals surface area contributed by atoms with Crippen molar-refractivity contribution in [2.45, 2.75) is 123 Å². The molecule has 8 atom stereocenters. The molecule has 0 bridgehead atoms. The summed E-state index contributed by atoms with van der Waals surface area (Å²) in [5.41, 5.74) is 3.01. The highest BCUT2D eigenvalue weighted by Gasteiger charge is 2.60. The third-order valence-electron chi connectivity index (χ3n) is 12.4. The molecule has 4 fully saturated rings. The molecule has 4 aliphatic rings. The molecule has 1 aromatic carbocycles. The summed E-state index contributed by atoms with van der Waals surface area (Å²) in [5, 5.41) is 4.49. The van der Waals surface area contributed by atoms with E-state index in [1.807, 2.05) is 19.1 Å². The molecular weight excluding hydrogens is 500 g/mol. The van der Waals surface area contributed by atoms with E-state index in [2.05, 4.69) is 44.6 Å². The third-order valence-corrected chi connectivity index (χ3v) is 13.6. The maximum absolute atomic E-state index is 12.8. The van der Waals surface area contributed by atoms with Crippen molar-refractivity contribution in [3.8, 4) is 0 Å². The van der Waals surface area contributed by atoms with Crippen LogP contribution in [0.5, 0.6) is 0 Å². The summed E-state index contributed by atoms with van der Waals surface area (Å²) in [6.07, 6.45) is 15.6. The van der Waals surface area contributed by atoms with E-state index in [1.54, 1.807) is 12.1 Å². The van der Waals surface area contributed by atoms with Crippen LogP contribution in [-0.4, -0.2) is 14.1 Å². The molecule has 0 aromatic heterocycles. The maximum atomic E-state index is 12.8. The molecule has 0 unspecified atom stereocenters. The lowest BCUT2D eigenvalue weighted by atomic mass is 9.44. The standard InChI is InChI=1S/C34H54N2O2S/c1-23(2)8-7-9-25(4)30-16-17-31-29-15-12-26-22-27(18-20-33(26,5)32(29)19-21-34(30,31)6)35-36-39(37,38)28-13-10-24(3)11-14-28/h10-11,13-14,23,25-26,29-32,36H,7-9,12,15-22H2,1-6H3/b35-27+/t25-,26+,29+,30-,31+,32+,33+,34-/m1/s1. The van der Waals surface area contributed by atoms with Crippen molar-refractivity contribution in [1.82, 2.24) is 4.83 Å². The first-order chi connectivity index (χ1) is 18.4. The molecule has 5 rings (SSSR count). The number of nitrogens with zero attached hydrogens (tertiary/aromatic N) is 1. The number of sulfonamides is 1. The van der Waals surface area contributed by atoms with Crippen molar-refractivity contribution in [3.63, 3.8) is 0 Å². The van der Waals surface area contributed by atoms with E-state index in [0.29, 0.717) is 16.7 Å². The Morgan fingerprint density at radius 1 is 0.923 bits per heavy atom. The van der Waals surface area contributed by atoms with Gasteiger partial charge in [-0.05, 0) is 129 Å². The van der Waals surface area contributed by atoms with Gasteiger partial charge in [-0.25, -0.2) is 4.83 Å². The topological polar surface area (TPSA) is 58.5 Å². The summed E-state index contributed by atoms with van der Waals surface area (Å²) in [5.74, 6) is 5.85. The number of fused-ring (bicyclic) bond motifs is 5. The summed E-state index contributed by atoms with van der Waals surface area (Å²) in [7, 11) is -3.62. The van der Waals surface area contributed by atoms with Gasteiger partial charge in [0.1, 0.15) is 0 Å². The highest BCUT2D eigenvalue weighted by molar-refractivity contribution is 7.89. The first-order valence-corrected chi connectivity index (χ1v) is 17.6. The number of hydrogen-bond acceptors (Lipinski definition) is 3. The van der Waals surface area contributed by atoms with Crippen molar-refractivity contribution in [1.29, 1.82) is 0 Å². The largest absolute Gasteiger partial charge is 0.276 e. The van der Waals surface area contributed by atoms with Crippen LogP contribution in [0.3, 0.4) is 0 Å². The molecule has 4 nitrogen and oxygen atoms in total. The van der Waals surface area contributed by atoms with Crippen LogP contribution in [0, 0.1) is 59.2 Å². The first kappa shape index (κ1) is 29.1. The van der Waals surface area contributed by atoms with Gasteiger partial charge in [0, 0.05) is 5.71 Å². The Bertz CT molecular complexity index is 1140. The summed E-state index contributed by atoms with van der Waals surface area (Å²) >= 11 is 0. The van der Waals surface area contributed by atoms with Gasteiger partial charge in [-0.1, -0.05) is 71.6 Å².